The summed E-state index contributed by atoms with van der Waals surface area (Å²) in [6, 6.07) is 5.37. The minimum atomic E-state index is 0.395. The number of halogens is 2. The predicted octanol–water partition coefficient (Wildman–Crippen LogP) is 3.05. The van der Waals surface area contributed by atoms with Gasteiger partial charge in [-0.2, -0.15) is 0 Å². The minimum absolute atomic E-state index is 0.395. The van der Waals surface area contributed by atoms with Crippen molar-refractivity contribution in [2.45, 2.75) is 6.54 Å². The zero-order valence-electron chi connectivity index (χ0n) is 8.23. The third kappa shape index (κ3) is 2.26. The molecule has 0 aliphatic heterocycles. The maximum absolute atomic E-state index is 10.7. The van der Waals surface area contributed by atoms with E-state index in [0.717, 1.165) is 11.8 Å². The Morgan fingerprint density at radius 1 is 1.31 bits per heavy atom. The maximum atomic E-state index is 10.7. The van der Waals surface area contributed by atoms with Crippen LogP contribution in [0.15, 0.2) is 30.6 Å². The van der Waals surface area contributed by atoms with Gasteiger partial charge in [0.1, 0.15) is 0 Å². The summed E-state index contributed by atoms with van der Waals surface area (Å²) in [4.78, 5) is 14.6. The van der Waals surface area contributed by atoms with Crippen LogP contribution in [0, 0.1) is 0 Å². The number of hydrogen-bond donors (Lipinski definition) is 0. The van der Waals surface area contributed by atoms with Crippen molar-refractivity contribution < 1.29 is 4.79 Å². The molecule has 0 fully saturated rings. The van der Waals surface area contributed by atoms with E-state index in [1.165, 1.54) is 0 Å². The van der Waals surface area contributed by atoms with Crippen molar-refractivity contribution in [2.24, 2.45) is 0 Å². The van der Waals surface area contributed by atoms with Crippen LogP contribution in [0.25, 0.3) is 0 Å². The van der Waals surface area contributed by atoms with Crippen LogP contribution in [0.2, 0.25) is 10.0 Å². The smallest absolute Gasteiger partial charge is 0.185 e. The highest BCUT2D eigenvalue weighted by molar-refractivity contribution is 6.42. The van der Waals surface area contributed by atoms with E-state index < -0.39 is 0 Å². The predicted molar refractivity (Wildman–Crippen MR) is 63.2 cm³/mol. The first-order valence-electron chi connectivity index (χ1n) is 4.61. The summed E-state index contributed by atoms with van der Waals surface area (Å²) in [5, 5.41) is 1.03. The first-order chi connectivity index (χ1) is 7.70. The molecule has 1 aromatic carbocycles. The first kappa shape index (κ1) is 11.2. The normalized spacial score (nSPS) is 10.4. The van der Waals surface area contributed by atoms with E-state index in [1.807, 2.05) is 6.07 Å². The largest absolute Gasteiger partial charge is 0.324 e. The van der Waals surface area contributed by atoms with Gasteiger partial charge in [-0.15, -0.1) is 0 Å². The van der Waals surface area contributed by atoms with Gasteiger partial charge in [0.25, 0.3) is 0 Å². The average molecular weight is 255 g/mol. The Bertz CT molecular complexity index is 522. The molecule has 0 aliphatic rings. The lowest BCUT2D eigenvalue weighted by molar-refractivity contribution is 0.111. The van der Waals surface area contributed by atoms with Crippen LogP contribution in [0.3, 0.4) is 0 Å². The standard InChI is InChI=1S/C11H8Cl2N2O/c12-9-2-1-8(5-10(9)13)6-15-4-3-14-11(15)7-16/h1-5,7H,6H2. The van der Waals surface area contributed by atoms with Crippen molar-refractivity contribution in [1.82, 2.24) is 9.55 Å². The van der Waals surface area contributed by atoms with Gasteiger partial charge in [0.2, 0.25) is 0 Å². The van der Waals surface area contributed by atoms with Crippen molar-refractivity contribution >= 4 is 29.5 Å². The van der Waals surface area contributed by atoms with Crippen LogP contribution in [0.4, 0.5) is 0 Å². The molecule has 0 amide bonds. The molecular weight excluding hydrogens is 247 g/mol. The lowest BCUT2D eigenvalue weighted by Crippen LogP contribution is -2.03. The molecule has 5 heteroatoms. The molecule has 1 heterocycles. The molecule has 16 heavy (non-hydrogen) atoms. The quantitative estimate of drug-likeness (QED) is 0.790. The Morgan fingerprint density at radius 3 is 2.81 bits per heavy atom. The SMILES string of the molecule is O=Cc1nccn1Cc1ccc(Cl)c(Cl)c1. The Balaban J connectivity index is 2.27. The minimum Gasteiger partial charge on any atom is -0.324 e. The maximum Gasteiger partial charge on any atom is 0.185 e. The molecule has 1 aromatic heterocycles. The number of aldehydes is 1. The number of nitrogens with zero attached hydrogens (tertiary/aromatic N) is 2. The van der Waals surface area contributed by atoms with Crippen LogP contribution in [0.5, 0.6) is 0 Å². The van der Waals surface area contributed by atoms with E-state index in [4.69, 9.17) is 23.2 Å². The highest BCUT2D eigenvalue weighted by Crippen LogP contribution is 2.23. The van der Waals surface area contributed by atoms with E-state index in [0.29, 0.717) is 22.4 Å². The summed E-state index contributed by atoms with van der Waals surface area (Å²) in [7, 11) is 0. The summed E-state index contributed by atoms with van der Waals surface area (Å²) in [6.07, 6.45) is 4.05. The average Bonchev–Trinajstić information content (AvgIpc) is 2.71. The van der Waals surface area contributed by atoms with E-state index in [2.05, 4.69) is 4.98 Å². The molecule has 0 unspecified atom stereocenters. The second-order valence-electron chi connectivity index (χ2n) is 3.28. The van der Waals surface area contributed by atoms with E-state index in [9.17, 15) is 4.79 Å². The van der Waals surface area contributed by atoms with Crippen LogP contribution < -0.4 is 0 Å². The number of carbonyl (C=O) groups is 1. The van der Waals surface area contributed by atoms with Gasteiger partial charge in [-0.25, -0.2) is 4.98 Å². The van der Waals surface area contributed by atoms with Gasteiger partial charge < -0.3 is 4.57 Å². The monoisotopic (exact) mass is 254 g/mol. The molecule has 0 atom stereocenters. The fourth-order valence-electron chi connectivity index (χ4n) is 1.41. The summed E-state index contributed by atoms with van der Waals surface area (Å²) in [5.41, 5.74) is 0.968. The number of benzene rings is 1. The van der Waals surface area contributed by atoms with Crippen molar-refractivity contribution in [3.05, 3.63) is 52.0 Å². The molecule has 2 rings (SSSR count). The number of hydrogen-bond acceptors (Lipinski definition) is 2. The van der Waals surface area contributed by atoms with Crippen molar-refractivity contribution in [1.29, 1.82) is 0 Å². The summed E-state index contributed by atoms with van der Waals surface area (Å²) in [5.74, 6) is 0.395. The van der Waals surface area contributed by atoms with E-state index in [-0.39, 0.29) is 0 Å². The molecule has 0 radical (unpaired) electrons. The van der Waals surface area contributed by atoms with Gasteiger partial charge >= 0.3 is 0 Å². The second-order valence-corrected chi connectivity index (χ2v) is 4.09. The summed E-state index contributed by atoms with van der Waals surface area (Å²) in [6.45, 7) is 0.547. The molecule has 0 saturated carbocycles. The fourth-order valence-corrected chi connectivity index (χ4v) is 1.73. The number of imidazole rings is 1. The first-order valence-corrected chi connectivity index (χ1v) is 5.36. The lowest BCUT2D eigenvalue weighted by atomic mass is 10.2. The van der Waals surface area contributed by atoms with Crippen LogP contribution >= 0.6 is 23.2 Å². The molecule has 82 valence electrons. The van der Waals surface area contributed by atoms with Crippen molar-refractivity contribution in [2.75, 3.05) is 0 Å². The van der Waals surface area contributed by atoms with Crippen molar-refractivity contribution in [3.8, 4) is 0 Å². The number of carbonyl (C=O) groups excluding carboxylic acids is 1. The number of rotatable bonds is 3. The van der Waals surface area contributed by atoms with E-state index in [1.54, 1.807) is 29.1 Å². The van der Waals surface area contributed by atoms with Gasteiger partial charge in [0.05, 0.1) is 10.0 Å². The number of aromatic nitrogens is 2. The Hall–Kier alpha value is -1.32. The summed E-state index contributed by atoms with van der Waals surface area (Å²) >= 11 is 11.7. The van der Waals surface area contributed by atoms with Gasteiger partial charge in [-0.3, -0.25) is 4.79 Å². The molecular formula is C11H8Cl2N2O. The highest BCUT2D eigenvalue weighted by atomic mass is 35.5. The highest BCUT2D eigenvalue weighted by Gasteiger charge is 2.04. The third-order valence-corrected chi connectivity index (χ3v) is 2.93. The van der Waals surface area contributed by atoms with E-state index >= 15 is 0 Å². The zero-order chi connectivity index (χ0) is 11.5. The molecule has 0 aliphatic carbocycles. The molecule has 2 aromatic rings. The molecule has 0 bridgehead atoms. The van der Waals surface area contributed by atoms with Crippen LogP contribution in [0.1, 0.15) is 16.2 Å². The third-order valence-electron chi connectivity index (χ3n) is 2.19. The molecule has 0 spiro atoms. The van der Waals surface area contributed by atoms with Gasteiger partial charge in [-0.05, 0) is 17.7 Å². The van der Waals surface area contributed by atoms with Crippen molar-refractivity contribution in [3.63, 3.8) is 0 Å². The molecule has 0 saturated heterocycles. The Labute approximate surface area is 103 Å². The van der Waals surface area contributed by atoms with Crippen LogP contribution in [-0.2, 0) is 6.54 Å². The topological polar surface area (TPSA) is 34.9 Å². The second kappa shape index (κ2) is 4.68. The lowest BCUT2D eigenvalue weighted by Gasteiger charge is -2.05. The van der Waals surface area contributed by atoms with Gasteiger partial charge in [-0.1, -0.05) is 29.3 Å². The molecule has 3 nitrogen and oxygen atoms in total. The van der Waals surface area contributed by atoms with Gasteiger partial charge in [0, 0.05) is 18.9 Å². The fraction of sp³-hybridized carbons (Fsp3) is 0.0909. The van der Waals surface area contributed by atoms with Crippen LogP contribution in [-0.4, -0.2) is 15.8 Å². The Kier molecular flexibility index (Phi) is 3.27. The zero-order valence-corrected chi connectivity index (χ0v) is 9.74. The summed E-state index contributed by atoms with van der Waals surface area (Å²) < 4.78 is 1.74. The molecule has 0 N–H and O–H groups in total. The Morgan fingerprint density at radius 2 is 2.12 bits per heavy atom. The van der Waals surface area contributed by atoms with Gasteiger partial charge in [0.15, 0.2) is 12.1 Å².